The summed E-state index contributed by atoms with van der Waals surface area (Å²) >= 11 is 0. The van der Waals surface area contributed by atoms with Crippen molar-refractivity contribution >= 4 is 11.9 Å². The highest BCUT2D eigenvalue weighted by Crippen LogP contribution is 2.42. The fourth-order valence-corrected chi connectivity index (χ4v) is 3.36. The molecule has 1 heterocycles. The smallest absolute Gasteiger partial charge is 0.326 e. The third-order valence-electron chi connectivity index (χ3n) is 4.42. The van der Waals surface area contributed by atoms with E-state index in [1.165, 1.54) is 0 Å². The molecular weight excluding hydrogens is 232 g/mol. The molecule has 5 heteroatoms. The fraction of sp³-hybridized carbons (Fsp3) is 0.846. The predicted octanol–water partition coefficient (Wildman–Crippen LogP) is 0.825. The van der Waals surface area contributed by atoms with Crippen LogP contribution in [0.4, 0.5) is 0 Å². The van der Waals surface area contributed by atoms with Crippen LogP contribution in [0.3, 0.4) is 0 Å². The van der Waals surface area contributed by atoms with Crippen molar-refractivity contribution in [3.05, 3.63) is 0 Å². The Balaban J connectivity index is 2.07. The Labute approximate surface area is 107 Å². The minimum absolute atomic E-state index is 0.0915. The van der Waals surface area contributed by atoms with Gasteiger partial charge in [0.15, 0.2) is 0 Å². The molecule has 0 aromatic heterocycles. The lowest BCUT2D eigenvalue weighted by Gasteiger charge is -2.25. The minimum Gasteiger partial charge on any atom is -0.480 e. The van der Waals surface area contributed by atoms with E-state index in [4.69, 9.17) is 5.73 Å². The topological polar surface area (TPSA) is 83.6 Å². The summed E-state index contributed by atoms with van der Waals surface area (Å²) in [4.78, 5) is 25.1. The van der Waals surface area contributed by atoms with E-state index in [9.17, 15) is 14.7 Å². The molecule has 102 valence electrons. The third-order valence-corrected chi connectivity index (χ3v) is 4.42. The van der Waals surface area contributed by atoms with Crippen LogP contribution in [0.1, 0.15) is 39.0 Å². The minimum atomic E-state index is -0.859. The zero-order valence-corrected chi connectivity index (χ0v) is 10.8. The molecule has 1 aliphatic heterocycles. The van der Waals surface area contributed by atoms with Gasteiger partial charge in [-0.15, -0.1) is 0 Å². The molecule has 0 spiro atoms. The number of rotatable bonds is 4. The van der Waals surface area contributed by atoms with E-state index in [1.54, 1.807) is 4.90 Å². The maximum atomic E-state index is 12.1. The van der Waals surface area contributed by atoms with Crippen LogP contribution in [0.2, 0.25) is 0 Å². The number of carbonyl (C=O) groups excluding carboxylic acids is 1. The molecule has 1 saturated carbocycles. The van der Waals surface area contributed by atoms with E-state index in [2.05, 4.69) is 0 Å². The number of likely N-dealkylation sites (tertiary alicyclic amines) is 1. The zero-order chi connectivity index (χ0) is 13.3. The number of carboxylic acids is 1. The summed E-state index contributed by atoms with van der Waals surface area (Å²) in [6, 6.07) is -0.776. The first-order chi connectivity index (χ1) is 8.54. The number of hydrogen-bond donors (Lipinski definition) is 2. The fourth-order valence-electron chi connectivity index (χ4n) is 3.36. The van der Waals surface area contributed by atoms with Gasteiger partial charge >= 0.3 is 5.97 Å². The highest BCUT2D eigenvalue weighted by molar-refractivity contribution is 5.85. The molecule has 1 amide bonds. The monoisotopic (exact) mass is 254 g/mol. The van der Waals surface area contributed by atoms with Crippen molar-refractivity contribution in [2.75, 3.05) is 6.54 Å². The second-order valence-electron chi connectivity index (χ2n) is 5.56. The zero-order valence-electron chi connectivity index (χ0n) is 10.8. The average molecular weight is 254 g/mol. The Kier molecular flexibility index (Phi) is 3.90. The van der Waals surface area contributed by atoms with Crippen LogP contribution in [0, 0.1) is 11.8 Å². The first kappa shape index (κ1) is 13.3. The molecule has 1 saturated heterocycles. The Morgan fingerprint density at radius 2 is 2.17 bits per heavy atom. The quantitative estimate of drug-likeness (QED) is 0.778. The first-order valence-electron chi connectivity index (χ1n) is 6.82. The molecule has 4 unspecified atom stereocenters. The van der Waals surface area contributed by atoms with Crippen molar-refractivity contribution in [1.29, 1.82) is 0 Å². The maximum Gasteiger partial charge on any atom is 0.326 e. The normalized spacial score (nSPS) is 32.3. The summed E-state index contributed by atoms with van der Waals surface area (Å²) in [5, 5.41) is 9.35. The van der Waals surface area contributed by atoms with Gasteiger partial charge in [-0.2, -0.15) is 0 Å². The van der Waals surface area contributed by atoms with Gasteiger partial charge in [-0.25, -0.2) is 4.79 Å². The van der Waals surface area contributed by atoms with E-state index in [-0.39, 0.29) is 24.3 Å². The standard InChI is InChI=1S/C13H22N2O3/c1-2-9(14)6-11(16)15-7-8-4-3-5-10(8)12(15)13(17)18/h8-10,12H,2-7,14H2,1H3,(H,17,18). The number of nitrogens with zero attached hydrogens (tertiary/aromatic N) is 1. The summed E-state index contributed by atoms with van der Waals surface area (Å²) in [7, 11) is 0. The van der Waals surface area contributed by atoms with E-state index in [0.29, 0.717) is 12.5 Å². The van der Waals surface area contributed by atoms with Crippen LogP contribution in [0.15, 0.2) is 0 Å². The molecule has 0 radical (unpaired) electrons. The van der Waals surface area contributed by atoms with Gasteiger partial charge in [0.1, 0.15) is 6.04 Å². The lowest BCUT2D eigenvalue weighted by atomic mass is 9.94. The van der Waals surface area contributed by atoms with Crippen LogP contribution >= 0.6 is 0 Å². The highest BCUT2D eigenvalue weighted by atomic mass is 16.4. The van der Waals surface area contributed by atoms with Gasteiger partial charge in [-0.3, -0.25) is 4.79 Å². The lowest BCUT2D eigenvalue weighted by molar-refractivity contribution is -0.149. The molecule has 0 bridgehead atoms. The number of nitrogens with two attached hydrogens (primary N) is 1. The van der Waals surface area contributed by atoms with Gasteiger partial charge in [0.25, 0.3) is 0 Å². The number of carbonyl (C=O) groups is 2. The van der Waals surface area contributed by atoms with Crippen molar-refractivity contribution in [1.82, 2.24) is 4.90 Å². The average Bonchev–Trinajstić information content (AvgIpc) is 2.86. The van der Waals surface area contributed by atoms with E-state index in [1.807, 2.05) is 6.92 Å². The van der Waals surface area contributed by atoms with Crippen LogP contribution in [-0.4, -0.2) is 40.5 Å². The van der Waals surface area contributed by atoms with Crippen LogP contribution < -0.4 is 5.73 Å². The first-order valence-corrected chi connectivity index (χ1v) is 6.82. The second-order valence-corrected chi connectivity index (χ2v) is 5.56. The van der Waals surface area contributed by atoms with Crippen molar-refractivity contribution in [3.63, 3.8) is 0 Å². The predicted molar refractivity (Wildman–Crippen MR) is 66.9 cm³/mol. The summed E-state index contributed by atoms with van der Waals surface area (Å²) in [6.45, 7) is 2.54. The Bertz CT molecular complexity index is 345. The molecule has 5 nitrogen and oxygen atoms in total. The Hall–Kier alpha value is -1.10. The maximum absolute atomic E-state index is 12.1. The largest absolute Gasteiger partial charge is 0.480 e. The van der Waals surface area contributed by atoms with Gasteiger partial charge in [0.05, 0.1) is 0 Å². The van der Waals surface area contributed by atoms with Gasteiger partial charge in [-0.05, 0) is 31.1 Å². The van der Waals surface area contributed by atoms with Crippen LogP contribution in [-0.2, 0) is 9.59 Å². The molecule has 3 N–H and O–H groups in total. The molecular formula is C13H22N2O3. The van der Waals surface area contributed by atoms with Gasteiger partial charge in [0.2, 0.25) is 5.91 Å². The third kappa shape index (κ3) is 2.36. The van der Waals surface area contributed by atoms with Crippen molar-refractivity contribution < 1.29 is 14.7 Å². The number of aliphatic carboxylic acids is 1. The second kappa shape index (κ2) is 5.26. The summed E-state index contributed by atoms with van der Waals surface area (Å²) in [6.07, 6.45) is 4.09. The van der Waals surface area contributed by atoms with E-state index < -0.39 is 12.0 Å². The highest BCUT2D eigenvalue weighted by Gasteiger charge is 2.49. The van der Waals surface area contributed by atoms with Gasteiger partial charge in [0, 0.05) is 19.0 Å². The number of hydrogen-bond acceptors (Lipinski definition) is 3. The molecule has 2 fully saturated rings. The molecule has 2 rings (SSSR count). The summed E-state index contributed by atoms with van der Waals surface area (Å²) in [5.74, 6) is -0.411. The number of carboxylic acid groups (broad SMARTS) is 1. The molecule has 18 heavy (non-hydrogen) atoms. The Morgan fingerprint density at radius 1 is 1.44 bits per heavy atom. The molecule has 0 aromatic carbocycles. The Morgan fingerprint density at radius 3 is 2.78 bits per heavy atom. The van der Waals surface area contributed by atoms with Crippen molar-refractivity contribution in [2.24, 2.45) is 17.6 Å². The number of fused-ring (bicyclic) bond motifs is 1. The van der Waals surface area contributed by atoms with Gasteiger partial charge < -0.3 is 15.7 Å². The van der Waals surface area contributed by atoms with Crippen LogP contribution in [0.5, 0.6) is 0 Å². The van der Waals surface area contributed by atoms with Crippen molar-refractivity contribution in [3.8, 4) is 0 Å². The van der Waals surface area contributed by atoms with E-state index >= 15 is 0 Å². The van der Waals surface area contributed by atoms with Crippen molar-refractivity contribution in [2.45, 2.75) is 51.1 Å². The summed E-state index contributed by atoms with van der Waals surface area (Å²) in [5.41, 5.74) is 5.78. The molecule has 2 aliphatic rings. The lowest BCUT2D eigenvalue weighted by Crippen LogP contribution is -2.44. The SMILES string of the molecule is CCC(N)CC(=O)N1CC2CCCC2C1C(=O)O. The number of amides is 1. The van der Waals surface area contributed by atoms with Gasteiger partial charge in [-0.1, -0.05) is 13.3 Å². The van der Waals surface area contributed by atoms with E-state index in [0.717, 1.165) is 25.7 Å². The summed E-state index contributed by atoms with van der Waals surface area (Å²) < 4.78 is 0. The van der Waals surface area contributed by atoms with Crippen LogP contribution in [0.25, 0.3) is 0 Å². The molecule has 1 aliphatic carbocycles. The molecule has 4 atom stereocenters. The molecule has 0 aromatic rings.